The van der Waals surface area contributed by atoms with Gasteiger partial charge in [0.2, 0.25) is 0 Å². The van der Waals surface area contributed by atoms with Gasteiger partial charge in [-0.3, -0.25) is 0 Å². The summed E-state index contributed by atoms with van der Waals surface area (Å²) in [6, 6.07) is 9.74. The van der Waals surface area contributed by atoms with Crippen molar-refractivity contribution >= 4 is 12.0 Å². The Hall–Kier alpha value is -1.61. The molecule has 0 bridgehead atoms. The van der Waals surface area contributed by atoms with Crippen LogP contribution >= 0.6 is 0 Å². The van der Waals surface area contributed by atoms with E-state index in [1.54, 1.807) is 6.08 Å². The fourth-order valence-corrected chi connectivity index (χ4v) is 1.83. The zero-order valence-corrected chi connectivity index (χ0v) is 12.5. The smallest absolute Gasteiger partial charge is 0.330 e. The molecule has 0 saturated carbocycles. The molecule has 0 heterocycles. The van der Waals surface area contributed by atoms with Crippen molar-refractivity contribution in [2.45, 2.75) is 25.7 Å². The maximum absolute atomic E-state index is 11.5. The maximum atomic E-state index is 11.5. The molecule has 0 atom stereocenters. The van der Waals surface area contributed by atoms with Crippen molar-refractivity contribution in [3.8, 4) is 0 Å². The molecule has 0 spiro atoms. The van der Waals surface area contributed by atoms with Gasteiger partial charge in [-0.2, -0.15) is 0 Å². The summed E-state index contributed by atoms with van der Waals surface area (Å²) in [4.78, 5) is 13.7. The van der Waals surface area contributed by atoms with E-state index >= 15 is 0 Å². The van der Waals surface area contributed by atoms with Crippen LogP contribution in [-0.2, 0) is 9.53 Å². The Morgan fingerprint density at radius 3 is 2.50 bits per heavy atom. The molecule has 0 N–H and O–H groups in total. The van der Waals surface area contributed by atoms with Crippen LogP contribution < -0.4 is 0 Å². The third kappa shape index (κ3) is 8.48. The van der Waals surface area contributed by atoms with Crippen molar-refractivity contribution in [2.24, 2.45) is 0 Å². The van der Waals surface area contributed by atoms with Gasteiger partial charge in [-0.05, 0) is 45.1 Å². The number of unbranched alkanes of at least 4 members (excludes halogenated alkanes) is 3. The van der Waals surface area contributed by atoms with E-state index in [0.717, 1.165) is 24.9 Å². The van der Waals surface area contributed by atoms with Crippen LogP contribution in [-0.4, -0.2) is 38.1 Å². The molecule has 1 aromatic rings. The number of esters is 1. The van der Waals surface area contributed by atoms with Crippen LogP contribution in [0.2, 0.25) is 0 Å². The Morgan fingerprint density at radius 1 is 1.10 bits per heavy atom. The Balaban J connectivity index is 2.05. The Bertz CT molecular complexity index is 399. The summed E-state index contributed by atoms with van der Waals surface area (Å²) < 4.78 is 5.16. The summed E-state index contributed by atoms with van der Waals surface area (Å²) in [6.07, 6.45) is 7.72. The summed E-state index contributed by atoms with van der Waals surface area (Å²) in [6.45, 7) is 1.64. The first-order valence-corrected chi connectivity index (χ1v) is 7.23. The van der Waals surface area contributed by atoms with E-state index in [9.17, 15) is 4.79 Å². The van der Waals surface area contributed by atoms with Crippen molar-refractivity contribution < 1.29 is 9.53 Å². The van der Waals surface area contributed by atoms with Crippen molar-refractivity contribution in [1.29, 1.82) is 0 Å². The minimum Gasteiger partial charge on any atom is -0.463 e. The van der Waals surface area contributed by atoms with E-state index < -0.39 is 0 Å². The van der Waals surface area contributed by atoms with Gasteiger partial charge < -0.3 is 9.64 Å². The highest BCUT2D eigenvalue weighted by molar-refractivity contribution is 5.86. The molecule has 0 amide bonds. The molecule has 110 valence electrons. The standard InChI is InChI=1S/C17H25NO2/c1-18(2)14-8-3-4-9-15-20-17(19)13-12-16-10-6-5-7-11-16/h5-7,10-13H,3-4,8-9,14-15H2,1-2H3. The number of carbonyl (C=O) groups is 1. The minimum absolute atomic E-state index is 0.262. The lowest BCUT2D eigenvalue weighted by Gasteiger charge is -2.08. The molecule has 0 aliphatic heterocycles. The van der Waals surface area contributed by atoms with Gasteiger partial charge in [0.1, 0.15) is 0 Å². The first-order valence-electron chi connectivity index (χ1n) is 7.23. The van der Waals surface area contributed by atoms with Crippen LogP contribution in [0.15, 0.2) is 36.4 Å². The van der Waals surface area contributed by atoms with Crippen LogP contribution in [0, 0.1) is 0 Å². The van der Waals surface area contributed by atoms with Crippen LogP contribution in [0.3, 0.4) is 0 Å². The lowest BCUT2D eigenvalue weighted by Crippen LogP contribution is -2.12. The third-order valence-corrected chi connectivity index (χ3v) is 2.96. The lowest BCUT2D eigenvalue weighted by atomic mass is 10.2. The first-order chi connectivity index (χ1) is 9.68. The SMILES string of the molecule is CN(C)CCCCCCOC(=O)C=Cc1ccccc1. The van der Waals surface area contributed by atoms with Crippen molar-refractivity contribution in [3.05, 3.63) is 42.0 Å². The molecule has 0 radical (unpaired) electrons. The Labute approximate surface area is 122 Å². The van der Waals surface area contributed by atoms with Crippen LogP contribution in [0.4, 0.5) is 0 Å². The average molecular weight is 275 g/mol. The first kappa shape index (κ1) is 16.4. The average Bonchev–Trinajstić information content (AvgIpc) is 2.45. The van der Waals surface area contributed by atoms with E-state index in [-0.39, 0.29) is 5.97 Å². The second-order valence-corrected chi connectivity index (χ2v) is 5.13. The highest BCUT2D eigenvalue weighted by atomic mass is 16.5. The van der Waals surface area contributed by atoms with E-state index in [2.05, 4.69) is 19.0 Å². The monoisotopic (exact) mass is 275 g/mol. The summed E-state index contributed by atoms with van der Waals surface area (Å²) >= 11 is 0. The second-order valence-electron chi connectivity index (χ2n) is 5.13. The molecular weight excluding hydrogens is 250 g/mol. The molecule has 0 aromatic heterocycles. The lowest BCUT2D eigenvalue weighted by molar-refractivity contribution is -0.137. The van der Waals surface area contributed by atoms with Crippen LogP contribution in [0.5, 0.6) is 0 Å². The molecule has 1 aromatic carbocycles. The Morgan fingerprint density at radius 2 is 1.80 bits per heavy atom. The molecule has 0 aliphatic carbocycles. The van der Waals surface area contributed by atoms with Gasteiger partial charge >= 0.3 is 5.97 Å². The van der Waals surface area contributed by atoms with Gasteiger partial charge in [-0.1, -0.05) is 43.2 Å². The molecule has 0 saturated heterocycles. The minimum atomic E-state index is -0.262. The molecular formula is C17H25NO2. The summed E-state index contributed by atoms with van der Waals surface area (Å²) in [7, 11) is 4.17. The Kier molecular flexibility index (Phi) is 8.40. The number of ether oxygens (including phenoxy) is 1. The third-order valence-electron chi connectivity index (χ3n) is 2.96. The van der Waals surface area contributed by atoms with Crippen molar-refractivity contribution in [2.75, 3.05) is 27.2 Å². The normalized spacial score (nSPS) is 11.2. The summed E-state index contributed by atoms with van der Waals surface area (Å²) in [5.41, 5.74) is 1.01. The van der Waals surface area contributed by atoms with E-state index in [1.165, 1.54) is 18.9 Å². The van der Waals surface area contributed by atoms with Gasteiger partial charge in [-0.25, -0.2) is 4.79 Å². The number of carbonyl (C=O) groups excluding carboxylic acids is 1. The number of benzene rings is 1. The number of nitrogens with zero attached hydrogens (tertiary/aromatic N) is 1. The highest BCUT2D eigenvalue weighted by Crippen LogP contribution is 2.03. The fraction of sp³-hybridized carbons (Fsp3) is 0.471. The topological polar surface area (TPSA) is 29.5 Å². The largest absolute Gasteiger partial charge is 0.463 e. The van der Waals surface area contributed by atoms with Gasteiger partial charge in [-0.15, -0.1) is 0 Å². The predicted octanol–water partition coefficient (Wildman–Crippen LogP) is 3.37. The quantitative estimate of drug-likeness (QED) is 0.393. The molecule has 20 heavy (non-hydrogen) atoms. The molecule has 3 nitrogen and oxygen atoms in total. The summed E-state index contributed by atoms with van der Waals surface area (Å²) in [5, 5.41) is 0. The highest BCUT2D eigenvalue weighted by Gasteiger charge is 1.97. The van der Waals surface area contributed by atoms with Gasteiger partial charge in [0.25, 0.3) is 0 Å². The number of hydrogen-bond acceptors (Lipinski definition) is 3. The zero-order valence-electron chi connectivity index (χ0n) is 12.5. The van der Waals surface area contributed by atoms with Gasteiger partial charge in [0.05, 0.1) is 6.61 Å². The van der Waals surface area contributed by atoms with E-state index in [1.807, 2.05) is 30.3 Å². The zero-order chi connectivity index (χ0) is 14.6. The van der Waals surface area contributed by atoms with Gasteiger partial charge in [0.15, 0.2) is 0 Å². The van der Waals surface area contributed by atoms with Gasteiger partial charge in [0, 0.05) is 6.08 Å². The summed E-state index contributed by atoms with van der Waals surface area (Å²) in [5.74, 6) is -0.262. The molecule has 0 unspecified atom stereocenters. The maximum Gasteiger partial charge on any atom is 0.330 e. The molecule has 3 heteroatoms. The second kappa shape index (κ2) is 10.2. The van der Waals surface area contributed by atoms with E-state index in [4.69, 9.17) is 4.74 Å². The predicted molar refractivity (Wildman–Crippen MR) is 83.5 cm³/mol. The van der Waals surface area contributed by atoms with Crippen LogP contribution in [0.1, 0.15) is 31.2 Å². The molecule has 0 fully saturated rings. The number of rotatable bonds is 9. The molecule has 1 rings (SSSR count). The van der Waals surface area contributed by atoms with E-state index in [0.29, 0.717) is 6.61 Å². The molecule has 0 aliphatic rings. The number of hydrogen-bond donors (Lipinski definition) is 0. The van der Waals surface area contributed by atoms with Crippen molar-refractivity contribution in [1.82, 2.24) is 4.90 Å². The van der Waals surface area contributed by atoms with Crippen molar-refractivity contribution in [3.63, 3.8) is 0 Å². The van der Waals surface area contributed by atoms with Crippen LogP contribution in [0.25, 0.3) is 6.08 Å². The fourth-order valence-electron chi connectivity index (χ4n) is 1.83.